The van der Waals surface area contributed by atoms with E-state index in [0.29, 0.717) is 25.9 Å². The molecule has 0 fully saturated rings. The van der Waals surface area contributed by atoms with E-state index in [2.05, 4.69) is 19.2 Å². The zero-order chi connectivity index (χ0) is 57.1. The third-order valence-corrected chi connectivity index (χ3v) is 17.7. The predicted molar refractivity (Wildman–Crippen MR) is 347 cm³/mol. The van der Waals surface area contributed by atoms with Crippen LogP contribution in [0.15, 0.2) is 0 Å². The molecule has 0 bridgehead atoms. The van der Waals surface area contributed by atoms with Crippen LogP contribution in [0.1, 0.15) is 431 Å². The minimum Gasteiger partial charge on any atom is -0.466 e. The fraction of sp³-hybridized carbons (Fsp3) is 0.973. The number of aliphatic hydroxyl groups excluding tert-OH is 2. The summed E-state index contributed by atoms with van der Waals surface area (Å²) >= 11 is 0. The van der Waals surface area contributed by atoms with Crippen molar-refractivity contribution in [2.45, 2.75) is 443 Å². The average Bonchev–Trinajstić information content (AvgIpc) is 3.45. The molecule has 3 N–H and O–H groups in total. The number of hydrogen-bond donors (Lipinski definition) is 3. The molecule has 0 aromatic heterocycles. The average molecular weight is 1120 g/mol. The molecule has 2 unspecified atom stereocenters. The Morgan fingerprint density at radius 1 is 0.304 bits per heavy atom. The number of amides is 1. The van der Waals surface area contributed by atoms with E-state index in [-0.39, 0.29) is 18.5 Å². The molecule has 0 aromatic rings. The van der Waals surface area contributed by atoms with E-state index in [1.54, 1.807) is 0 Å². The van der Waals surface area contributed by atoms with Crippen LogP contribution in [-0.4, -0.2) is 47.4 Å². The molecule has 0 saturated carbocycles. The first-order chi connectivity index (χ1) is 39.0. The van der Waals surface area contributed by atoms with E-state index in [9.17, 15) is 19.8 Å². The largest absolute Gasteiger partial charge is 0.466 e. The standard InChI is InChI=1S/C73H145NO5/c1-3-5-7-9-11-13-15-17-18-19-33-37-40-43-47-51-55-59-63-67-73(78)79-68-64-60-56-52-48-44-41-38-35-32-30-28-26-24-22-20-21-23-25-27-29-31-34-36-39-42-46-50-54-58-62-66-72(77)74-70(69-75)71(76)65-61-57-53-49-45-16-14-12-10-8-6-4-2/h70-71,75-76H,3-69H2,1-2H3,(H,74,77). The first-order valence-corrected chi connectivity index (χ1v) is 36.8. The summed E-state index contributed by atoms with van der Waals surface area (Å²) in [6.07, 6.45) is 84.6. The van der Waals surface area contributed by atoms with E-state index in [4.69, 9.17) is 4.74 Å². The van der Waals surface area contributed by atoms with Crippen molar-refractivity contribution in [3.63, 3.8) is 0 Å². The monoisotopic (exact) mass is 1120 g/mol. The lowest BCUT2D eigenvalue weighted by molar-refractivity contribution is -0.143. The highest BCUT2D eigenvalue weighted by Crippen LogP contribution is 2.20. The van der Waals surface area contributed by atoms with Crippen molar-refractivity contribution >= 4 is 11.9 Å². The van der Waals surface area contributed by atoms with Crippen LogP contribution in [0.5, 0.6) is 0 Å². The maximum Gasteiger partial charge on any atom is 0.305 e. The summed E-state index contributed by atoms with van der Waals surface area (Å²) in [5, 5.41) is 23.3. The number of esters is 1. The number of nitrogens with one attached hydrogen (secondary N) is 1. The first kappa shape index (κ1) is 77.9. The maximum atomic E-state index is 12.5. The highest BCUT2D eigenvalue weighted by atomic mass is 16.5. The SMILES string of the molecule is CCCCCCCCCCCCCCCCCCCCCC(=O)OCCCCCCCCCCCCCCCCCCCCCCCCCCCCCCCCCC(=O)NC(CO)C(O)CCCCCCCCCCCCCC. The van der Waals surface area contributed by atoms with Gasteiger partial charge < -0.3 is 20.3 Å². The summed E-state index contributed by atoms with van der Waals surface area (Å²) in [5.41, 5.74) is 0. The number of carbonyl (C=O) groups excluding carboxylic acids is 2. The van der Waals surface area contributed by atoms with Gasteiger partial charge >= 0.3 is 5.97 Å². The molecule has 6 nitrogen and oxygen atoms in total. The quantitative estimate of drug-likeness (QED) is 0.0417. The van der Waals surface area contributed by atoms with Crippen LogP contribution in [-0.2, 0) is 14.3 Å². The molecule has 0 saturated heterocycles. The summed E-state index contributed by atoms with van der Waals surface area (Å²) in [6, 6.07) is -0.536. The van der Waals surface area contributed by atoms with Gasteiger partial charge in [0.05, 0.1) is 25.4 Å². The molecular weight excluding hydrogens is 971 g/mol. The zero-order valence-electron chi connectivity index (χ0n) is 54.2. The van der Waals surface area contributed by atoms with Gasteiger partial charge in [0.1, 0.15) is 0 Å². The molecule has 472 valence electrons. The van der Waals surface area contributed by atoms with Gasteiger partial charge in [0.15, 0.2) is 0 Å². The van der Waals surface area contributed by atoms with Crippen molar-refractivity contribution in [3.05, 3.63) is 0 Å². The third-order valence-electron chi connectivity index (χ3n) is 17.7. The van der Waals surface area contributed by atoms with Crippen molar-refractivity contribution in [2.75, 3.05) is 13.2 Å². The topological polar surface area (TPSA) is 95.9 Å². The molecule has 1 amide bonds. The van der Waals surface area contributed by atoms with Crippen molar-refractivity contribution in [1.29, 1.82) is 0 Å². The maximum absolute atomic E-state index is 12.5. The van der Waals surface area contributed by atoms with Gasteiger partial charge in [-0.1, -0.05) is 393 Å². The summed E-state index contributed by atoms with van der Waals surface area (Å²) in [6.45, 7) is 5.00. The van der Waals surface area contributed by atoms with Crippen LogP contribution in [0.4, 0.5) is 0 Å². The van der Waals surface area contributed by atoms with Crippen molar-refractivity contribution in [1.82, 2.24) is 5.32 Å². The molecule has 6 heteroatoms. The highest BCUT2D eigenvalue weighted by molar-refractivity contribution is 5.76. The smallest absolute Gasteiger partial charge is 0.305 e. The lowest BCUT2D eigenvalue weighted by Gasteiger charge is -2.22. The Kier molecular flexibility index (Phi) is 68.4. The Labute approximate surface area is 496 Å². The van der Waals surface area contributed by atoms with Crippen molar-refractivity contribution < 1.29 is 24.5 Å². The van der Waals surface area contributed by atoms with Gasteiger partial charge in [-0.05, 0) is 25.7 Å². The first-order valence-electron chi connectivity index (χ1n) is 36.8. The van der Waals surface area contributed by atoms with Crippen molar-refractivity contribution in [2.24, 2.45) is 0 Å². The van der Waals surface area contributed by atoms with Crippen LogP contribution >= 0.6 is 0 Å². The Morgan fingerprint density at radius 3 is 0.772 bits per heavy atom. The van der Waals surface area contributed by atoms with E-state index >= 15 is 0 Å². The number of rotatable bonds is 70. The summed E-state index contributed by atoms with van der Waals surface area (Å²) < 4.78 is 5.52. The lowest BCUT2D eigenvalue weighted by atomic mass is 10.0. The number of hydrogen-bond acceptors (Lipinski definition) is 5. The molecule has 0 spiro atoms. The second-order valence-corrected chi connectivity index (χ2v) is 25.6. The van der Waals surface area contributed by atoms with Crippen LogP contribution in [0.2, 0.25) is 0 Å². The third kappa shape index (κ3) is 65.9. The molecule has 0 aliphatic rings. The molecule has 2 atom stereocenters. The Morgan fingerprint density at radius 2 is 0.519 bits per heavy atom. The van der Waals surface area contributed by atoms with E-state index in [1.165, 1.54) is 360 Å². The molecule has 0 aromatic carbocycles. The highest BCUT2D eigenvalue weighted by Gasteiger charge is 2.20. The van der Waals surface area contributed by atoms with E-state index in [0.717, 1.165) is 38.5 Å². The fourth-order valence-corrected chi connectivity index (χ4v) is 12.1. The van der Waals surface area contributed by atoms with Crippen LogP contribution in [0, 0.1) is 0 Å². The van der Waals surface area contributed by atoms with Gasteiger partial charge in [-0.3, -0.25) is 9.59 Å². The second kappa shape index (κ2) is 69.4. The molecule has 79 heavy (non-hydrogen) atoms. The van der Waals surface area contributed by atoms with Gasteiger partial charge in [-0.2, -0.15) is 0 Å². The van der Waals surface area contributed by atoms with Crippen LogP contribution in [0.3, 0.4) is 0 Å². The second-order valence-electron chi connectivity index (χ2n) is 25.6. The van der Waals surface area contributed by atoms with Gasteiger partial charge in [0, 0.05) is 12.8 Å². The normalized spacial score (nSPS) is 12.4. The van der Waals surface area contributed by atoms with Crippen LogP contribution < -0.4 is 5.32 Å². The molecular formula is C73H145NO5. The molecule has 0 rings (SSSR count). The molecule has 0 radical (unpaired) electrons. The van der Waals surface area contributed by atoms with Gasteiger partial charge in [0.2, 0.25) is 5.91 Å². The Balaban J connectivity index is 3.28. The summed E-state index contributed by atoms with van der Waals surface area (Å²) in [7, 11) is 0. The minimum atomic E-state index is -0.659. The van der Waals surface area contributed by atoms with E-state index < -0.39 is 12.1 Å². The number of unbranched alkanes of at least 4 members (excludes halogenated alkanes) is 59. The van der Waals surface area contributed by atoms with Gasteiger partial charge in [-0.15, -0.1) is 0 Å². The lowest BCUT2D eigenvalue weighted by Crippen LogP contribution is -2.45. The molecule has 0 aliphatic carbocycles. The van der Waals surface area contributed by atoms with Gasteiger partial charge in [-0.25, -0.2) is 0 Å². The van der Waals surface area contributed by atoms with Crippen LogP contribution in [0.25, 0.3) is 0 Å². The molecule has 0 aliphatic heterocycles. The minimum absolute atomic E-state index is 0.0267. The van der Waals surface area contributed by atoms with Gasteiger partial charge in [0.25, 0.3) is 0 Å². The van der Waals surface area contributed by atoms with Crippen molar-refractivity contribution in [3.8, 4) is 0 Å². The fourth-order valence-electron chi connectivity index (χ4n) is 12.1. The summed E-state index contributed by atoms with van der Waals surface area (Å²) in [4.78, 5) is 24.6. The summed E-state index contributed by atoms with van der Waals surface area (Å²) in [5.74, 6) is -0.00152. The van der Waals surface area contributed by atoms with E-state index in [1.807, 2.05) is 0 Å². The number of ether oxygens (including phenoxy) is 1. The number of aliphatic hydroxyl groups is 2. The zero-order valence-corrected chi connectivity index (χ0v) is 54.2. The Bertz CT molecular complexity index is 1150. The Hall–Kier alpha value is -1.14. The number of carbonyl (C=O) groups is 2. The molecule has 0 heterocycles. The predicted octanol–water partition coefficient (Wildman–Crippen LogP) is 23.8.